The second-order valence-corrected chi connectivity index (χ2v) is 9.06. The van der Waals surface area contributed by atoms with Crippen molar-refractivity contribution in [2.75, 3.05) is 57.8 Å². The summed E-state index contributed by atoms with van der Waals surface area (Å²) in [5.41, 5.74) is 1.21. The molecule has 1 aromatic carbocycles. The van der Waals surface area contributed by atoms with Gasteiger partial charge in [-0.3, -0.25) is 9.69 Å². The number of amides is 1. The van der Waals surface area contributed by atoms with Crippen LogP contribution in [0.3, 0.4) is 0 Å². The second kappa shape index (κ2) is 9.84. The summed E-state index contributed by atoms with van der Waals surface area (Å²) in [7, 11) is 1.75. The van der Waals surface area contributed by atoms with Crippen molar-refractivity contribution in [2.24, 2.45) is 11.8 Å². The topological polar surface area (TPSA) is 36.0 Å². The van der Waals surface area contributed by atoms with Crippen molar-refractivity contribution >= 4 is 11.6 Å². The number of piperazine rings is 1. The van der Waals surface area contributed by atoms with Crippen LogP contribution in [0.4, 0.5) is 5.69 Å². The Kier molecular flexibility index (Phi) is 6.96. The second-order valence-electron chi connectivity index (χ2n) is 9.06. The molecular formula is C24H37N3O2. The van der Waals surface area contributed by atoms with Gasteiger partial charge in [0.1, 0.15) is 5.75 Å². The molecule has 2 heterocycles. The predicted octanol–water partition coefficient (Wildman–Crippen LogP) is 3.64. The molecule has 5 nitrogen and oxygen atoms in total. The smallest absolute Gasteiger partial charge is 0.225 e. The Morgan fingerprint density at radius 2 is 1.62 bits per heavy atom. The molecule has 5 heteroatoms. The minimum absolute atomic E-state index is 0.323. The van der Waals surface area contributed by atoms with E-state index in [1.54, 1.807) is 7.11 Å². The number of ether oxygens (including phenoxy) is 1. The van der Waals surface area contributed by atoms with Gasteiger partial charge in [0.25, 0.3) is 0 Å². The van der Waals surface area contributed by atoms with Crippen LogP contribution in [0.25, 0.3) is 0 Å². The first kappa shape index (κ1) is 20.5. The molecule has 1 aromatic rings. The highest BCUT2D eigenvalue weighted by Gasteiger charge is 2.30. The molecule has 160 valence electrons. The molecule has 0 N–H and O–H groups in total. The average Bonchev–Trinajstić information content (AvgIpc) is 2.80. The molecule has 1 amide bonds. The minimum atomic E-state index is 0.323. The molecular weight excluding hydrogens is 362 g/mol. The number of methoxy groups -OCH3 is 1. The minimum Gasteiger partial charge on any atom is -0.495 e. The molecule has 0 atom stereocenters. The first-order valence-electron chi connectivity index (χ1n) is 11.6. The Balaban J connectivity index is 1.20. The van der Waals surface area contributed by atoms with Crippen LogP contribution < -0.4 is 9.64 Å². The molecule has 2 aliphatic heterocycles. The SMILES string of the molecule is COc1ccccc1N1CCN(CC2CCN(C(=O)C3CCCCC3)CC2)CC1. The van der Waals surface area contributed by atoms with Crippen LogP contribution in [0.5, 0.6) is 5.75 Å². The van der Waals surface area contributed by atoms with Crippen molar-refractivity contribution < 1.29 is 9.53 Å². The van der Waals surface area contributed by atoms with Crippen molar-refractivity contribution in [3.63, 3.8) is 0 Å². The largest absolute Gasteiger partial charge is 0.495 e. The first-order chi connectivity index (χ1) is 14.2. The van der Waals surface area contributed by atoms with E-state index in [1.165, 1.54) is 44.3 Å². The van der Waals surface area contributed by atoms with E-state index < -0.39 is 0 Å². The standard InChI is InChI=1S/C24H37N3O2/c1-29-23-10-6-5-9-22(23)26-17-15-25(16-18-26)19-20-11-13-27(14-12-20)24(28)21-7-3-2-4-8-21/h5-6,9-10,20-21H,2-4,7-8,11-19H2,1H3. The normalized spacial score (nSPS) is 22.7. The van der Waals surface area contributed by atoms with E-state index in [2.05, 4.69) is 26.8 Å². The fourth-order valence-corrected chi connectivity index (χ4v) is 5.37. The van der Waals surface area contributed by atoms with Gasteiger partial charge >= 0.3 is 0 Å². The fraction of sp³-hybridized carbons (Fsp3) is 0.708. The van der Waals surface area contributed by atoms with Crippen LogP contribution in [0.15, 0.2) is 24.3 Å². The molecule has 29 heavy (non-hydrogen) atoms. The van der Waals surface area contributed by atoms with Gasteiger partial charge in [-0.15, -0.1) is 0 Å². The van der Waals surface area contributed by atoms with E-state index in [9.17, 15) is 4.79 Å². The summed E-state index contributed by atoms with van der Waals surface area (Å²) < 4.78 is 5.53. The summed E-state index contributed by atoms with van der Waals surface area (Å²) in [4.78, 5) is 20.0. The maximum absolute atomic E-state index is 12.8. The van der Waals surface area contributed by atoms with E-state index in [-0.39, 0.29) is 0 Å². The van der Waals surface area contributed by atoms with E-state index >= 15 is 0 Å². The zero-order valence-corrected chi connectivity index (χ0v) is 18.0. The van der Waals surface area contributed by atoms with Gasteiger partial charge in [-0.25, -0.2) is 0 Å². The Morgan fingerprint density at radius 1 is 0.931 bits per heavy atom. The number of hydrogen-bond donors (Lipinski definition) is 0. The zero-order valence-electron chi connectivity index (χ0n) is 18.0. The molecule has 0 spiro atoms. The Labute approximate surface area is 176 Å². The van der Waals surface area contributed by atoms with Crippen molar-refractivity contribution in [3.05, 3.63) is 24.3 Å². The Bertz CT molecular complexity index is 658. The van der Waals surface area contributed by atoms with Crippen LogP contribution in [0.1, 0.15) is 44.9 Å². The molecule has 0 bridgehead atoms. The van der Waals surface area contributed by atoms with Gasteiger partial charge in [0, 0.05) is 51.7 Å². The van der Waals surface area contributed by atoms with Crippen LogP contribution in [0, 0.1) is 11.8 Å². The maximum atomic E-state index is 12.8. The third-order valence-corrected chi connectivity index (χ3v) is 7.20. The quantitative estimate of drug-likeness (QED) is 0.757. The highest BCUT2D eigenvalue weighted by Crippen LogP contribution is 2.30. The van der Waals surface area contributed by atoms with E-state index in [0.717, 1.165) is 63.8 Å². The summed E-state index contributed by atoms with van der Waals surface area (Å²) in [6, 6.07) is 8.33. The van der Waals surface area contributed by atoms with Crippen LogP contribution in [0.2, 0.25) is 0 Å². The third-order valence-electron chi connectivity index (χ3n) is 7.20. The number of nitrogens with zero attached hydrogens (tertiary/aromatic N) is 3. The molecule has 1 aliphatic carbocycles. The van der Waals surface area contributed by atoms with Crippen molar-refractivity contribution in [1.29, 1.82) is 0 Å². The molecule has 0 unspecified atom stereocenters. The molecule has 2 saturated heterocycles. The number of anilines is 1. The lowest BCUT2D eigenvalue weighted by Crippen LogP contribution is -2.49. The lowest BCUT2D eigenvalue weighted by Gasteiger charge is -2.40. The summed E-state index contributed by atoms with van der Waals surface area (Å²) in [5.74, 6) is 2.48. The molecule has 1 saturated carbocycles. The molecule has 4 rings (SSSR count). The highest BCUT2D eigenvalue weighted by atomic mass is 16.5. The van der Waals surface area contributed by atoms with Gasteiger partial charge in [0.15, 0.2) is 0 Å². The fourth-order valence-electron chi connectivity index (χ4n) is 5.37. The highest BCUT2D eigenvalue weighted by molar-refractivity contribution is 5.79. The predicted molar refractivity (Wildman–Crippen MR) is 118 cm³/mol. The van der Waals surface area contributed by atoms with E-state index in [0.29, 0.717) is 11.8 Å². The van der Waals surface area contributed by atoms with Crippen LogP contribution in [-0.4, -0.2) is 68.6 Å². The summed E-state index contributed by atoms with van der Waals surface area (Å²) in [6.07, 6.45) is 8.39. The zero-order chi connectivity index (χ0) is 20.1. The van der Waals surface area contributed by atoms with Crippen molar-refractivity contribution in [3.8, 4) is 5.75 Å². The van der Waals surface area contributed by atoms with Gasteiger partial charge in [0.2, 0.25) is 5.91 Å². The van der Waals surface area contributed by atoms with Gasteiger partial charge in [-0.1, -0.05) is 31.4 Å². The van der Waals surface area contributed by atoms with Gasteiger partial charge < -0.3 is 14.5 Å². The number of benzene rings is 1. The summed E-state index contributed by atoms with van der Waals surface area (Å²) in [5, 5.41) is 0. The van der Waals surface area contributed by atoms with Crippen LogP contribution in [-0.2, 0) is 4.79 Å². The van der Waals surface area contributed by atoms with E-state index in [1.807, 2.05) is 12.1 Å². The lowest BCUT2D eigenvalue weighted by atomic mass is 9.87. The van der Waals surface area contributed by atoms with Gasteiger partial charge in [0.05, 0.1) is 12.8 Å². The van der Waals surface area contributed by atoms with Crippen molar-refractivity contribution in [2.45, 2.75) is 44.9 Å². The number of rotatable bonds is 5. The number of piperidine rings is 1. The number of carbonyl (C=O) groups is 1. The molecule has 3 fully saturated rings. The van der Waals surface area contributed by atoms with E-state index in [4.69, 9.17) is 4.74 Å². The Hall–Kier alpha value is -1.75. The van der Waals surface area contributed by atoms with Crippen LogP contribution >= 0.6 is 0 Å². The number of likely N-dealkylation sites (tertiary alicyclic amines) is 1. The molecule has 0 aromatic heterocycles. The lowest BCUT2D eigenvalue weighted by molar-refractivity contribution is -0.138. The third kappa shape index (κ3) is 5.06. The monoisotopic (exact) mass is 399 g/mol. The van der Waals surface area contributed by atoms with Gasteiger partial charge in [-0.2, -0.15) is 0 Å². The maximum Gasteiger partial charge on any atom is 0.225 e. The first-order valence-corrected chi connectivity index (χ1v) is 11.6. The number of carbonyl (C=O) groups excluding carboxylic acids is 1. The number of hydrogen-bond acceptors (Lipinski definition) is 4. The summed E-state index contributed by atoms with van der Waals surface area (Å²) in [6.45, 7) is 7.46. The van der Waals surface area contributed by atoms with Crippen molar-refractivity contribution in [1.82, 2.24) is 9.80 Å². The molecule has 0 radical (unpaired) electrons. The Morgan fingerprint density at radius 3 is 2.31 bits per heavy atom. The van der Waals surface area contributed by atoms with Gasteiger partial charge in [-0.05, 0) is 43.7 Å². The number of para-hydroxylation sites is 2. The molecule has 3 aliphatic rings. The summed E-state index contributed by atoms with van der Waals surface area (Å²) >= 11 is 0. The average molecular weight is 400 g/mol.